The van der Waals surface area contributed by atoms with Gasteiger partial charge in [-0.15, -0.1) is 0 Å². The van der Waals surface area contributed by atoms with Gasteiger partial charge in [0, 0.05) is 18.3 Å². The molecule has 41 heavy (non-hydrogen) atoms. The molecule has 0 aliphatic carbocycles. The van der Waals surface area contributed by atoms with Gasteiger partial charge < -0.3 is 33.3 Å². The minimum absolute atomic E-state index is 0.122. The van der Waals surface area contributed by atoms with Crippen molar-refractivity contribution in [3.05, 3.63) is 40.9 Å². The van der Waals surface area contributed by atoms with Gasteiger partial charge in [0.25, 0.3) is 5.91 Å². The number of rotatable bonds is 10. The average Bonchev–Trinajstić information content (AvgIpc) is 3.34. The fourth-order valence-corrected chi connectivity index (χ4v) is 5.75. The second-order valence-electron chi connectivity index (χ2n) is 12.8. The number of hydrogen-bond donors (Lipinski definition) is 0. The summed E-state index contributed by atoms with van der Waals surface area (Å²) in [5.74, 6) is 0.393. The molecule has 3 aliphatic rings. The van der Waals surface area contributed by atoms with E-state index in [0.29, 0.717) is 62.3 Å². The van der Waals surface area contributed by atoms with Gasteiger partial charge in [0.1, 0.15) is 42.5 Å². The molecule has 1 amide bonds. The molecule has 4 atom stereocenters. The van der Waals surface area contributed by atoms with E-state index in [1.165, 1.54) is 0 Å². The Balaban J connectivity index is 1.40. The van der Waals surface area contributed by atoms with Gasteiger partial charge in [0.05, 0.1) is 42.6 Å². The van der Waals surface area contributed by atoms with Crippen molar-refractivity contribution in [1.29, 1.82) is 0 Å². The molecule has 0 aromatic heterocycles. The number of piperidine rings is 1. The molecular weight excluding hydrogens is 548 g/mol. The monoisotopic (exact) mass is 592 g/mol. The molecule has 228 valence electrons. The number of carbonyl (C=O) groups excluding carboxylic acids is 1. The van der Waals surface area contributed by atoms with Crippen LogP contribution in [0.3, 0.4) is 0 Å². The second kappa shape index (κ2) is 12.7. The molecule has 4 rings (SSSR count). The average molecular weight is 593 g/mol. The lowest BCUT2D eigenvalue weighted by molar-refractivity contribution is -0.133. The highest BCUT2D eigenvalue weighted by molar-refractivity contribution is 6.32. The van der Waals surface area contributed by atoms with E-state index in [1.54, 1.807) is 29.3 Å². The summed E-state index contributed by atoms with van der Waals surface area (Å²) in [7, 11) is 0. The summed E-state index contributed by atoms with van der Waals surface area (Å²) in [6.07, 6.45) is 5.54. The zero-order valence-corrected chi connectivity index (χ0v) is 26.2. The number of fused-ring (bicyclic) bond motifs is 1. The zero-order valence-electron chi connectivity index (χ0n) is 25.4. The Morgan fingerprint density at radius 1 is 1.10 bits per heavy atom. The van der Waals surface area contributed by atoms with Crippen LogP contribution in [0.5, 0.6) is 5.75 Å². The largest absolute Gasteiger partial charge is 0.490 e. The van der Waals surface area contributed by atoms with Crippen molar-refractivity contribution in [2.45, 2.75) is 89.4 Å². The number of amides is 1. The lowest BCUT2D eigenvalue weighted by Crippen LogP contribution is -2.68. The van der Waals surface area contributed by atoms with Crippen LogP contribution in [-0.4, -0.2) is 97.9 Å². The van der Waals surface area contributed by atoms with E-state index in [4.69, 9.17) is 45.0 Å². The van der Waals surface area contributed by atoms with Gasteiger partial charge in [0.15, 0.2) is 0 Å². The van der Waals surface area contributed by atoms with Crippen molar-refractivity contribution in [2.24, 2.45) is 4.99 Å². The first kappa shape index (κ1) is 31.9. The summed E-state index contributed by atoms with van der Waals surface area (Å²) < 4.78 is 36.0. The number of aliphatic imine (C=N–C) groups is 1. The number of carbonyl (C=O) groups is 1. The maximum atomic E-state index is 13.5. The first-order valence-electron chi connectivity index (χ1n) is 14.3. The van der Waals surface area contributed by atoms with E-state index in [0.717, 1.165) is 0 Å². The molecule has 9 nitrogen and oxygen atoms in total. The minimum atomic E-state index is -0.745. The van der Waals surface area contributed by atoms with Crippen LogP contribution < -0.4 is 4.74 Å². The second-order valence-corrected chi connectivity index (χ2v) is 13.2. The van der Waals surface area contributed by atoms with Crippen molar-refractivity contribution in [2.75, 3.05) is 46.3 Å². The Bertz CT molecular complexity index is 1130. The first-order chi connectivity index (χ1) is 19.2. The summed E-state index contributed by atoms with van der Waals surface area (Å²) in [5, 5.41) is 0.379. The molecule has 2 fully saturated rings. The third-order valence-electron chi connectivity index (χ3n) is 7.63. The molecule has 10 heteroatoms. The van der Waals surface area contributed by atoms with Gasteiger partial charge in [-0.2, -0.15) is 0 Å². The highest BCUT2D eigenvalue weighted by Crippen LogP contribution is 2.47. The normalized spacial score (nSPS) is 28.1. The quantitative estimate of drug-likeness (QED) is 0.350. The molecular formula is C31H45ClN2O7. The number of nitrogens with zero attached hydrogens (tertiary/aromatic N) is 2. The third-order valence-corrected chi connectivity index (χ3v) is 7.92. The van der Waals surface area contributed by atoms with Crippen LogP contribution in [0.2, 0.25) is 5.02 Å². The van der Waals surface area contributed by atoms with Crippen LogP contribution in [0.4, 0.5) is 0 Å². The number of halogens is 1. The predicted molar refractivity (Wildman–Crippen MR) is 158 cm³/mol. The van der Waals surface area contributed by atoms with Crippen LogP contribution in [0.25, 0.3) is 0 Å². The predicted octanol–water partition coefficient (Wildman–Crippen LogP) is 5.09. The molecule has 3 unspecified atom stereocenters. The molecule has 1 aromatic rings. The number of benzene rings is 1. The highest BCUT2D eigenvalue weighted by atomic mass is 35.5. The summed E-state index contributed by atoms with van der Waals surface area (Å²) in [6.45, 7) is 16.8. The number of likely N-dealkylation sites (tertiary alicyclic amines) is 1. The van der Waals surface area contributed by atoms with E-state index in [-0.39, 0.29) is 36.1 Å². The highest BCUT2D eigenvalue weighted by Gasteiger charge is 2.63. The number of allylic oxidation sites excluding steroid dienone is 1. The number of dihydropyridines is 1. The molecule has 0 radical (unpaired) electrons. The van der Waals surface area contributed by atoms with Crippen molar-refractivity contribution in [3.63, 3.8) is 0 Å². The van der Waals surface area contributed by atoms with Gasteiger partial charge in [0.2, 0.25) is 0 Å². The molecule has 0 bridgehead atoms. The molecule has 3 heterocycles. The summed E-state index contributed by atoms with van der Waals surface area (Å²) in [5.41, 5.74) is -1.47. The van der Waals surface area contributed by atoms with E-state index >= 15 is 0 Å². The van der Waals surface area contributed by atoms with Gasteiger partial charge >= 0.3 is 0 Å². The van der Waals surface area contributed by atoms with E-state index in [2.05, 4.69) is 0 Å². The fourth-order valence-electron chi connectivity index (χ4n) is 5.52. The summed E-state index contributed by atoms with van der Waals surface area (Å²) in [6, 6.07) is 5.12. The smallest absolute Gasteiger partial charge is 0.254 e. The minimum Gasteiger partial charge on any atom is -0.490 e. The van der Waals surface area contributed by atoms with Crippen LogP contribution in [0.1, 0.15) is 65.2 Å². The summed E-state index contributed by atoms with van der Waals surface area (Å²) >= 11 is 6.48. The van der Waals surface area contributed by atoms with Crippen LogP contribution in [0.15, 0.2) is 35.3 Å². The van der Waals surface area contributed by atoms with Gasteiger partial charge in [-0.1, -0.05) is 17.7 Å². The topological polar surface area (TPSA) is 88.1 Å². The van der Waals surface area contributed by atoms with E-state index in [1.807, 2.05) is 60.6 Å². The third kappa shape index (κ3) is 7.50. The Hall–Kier alpha value is -2.01. The Kier molecular flexibility index (Phi) is 9.88. The lowest BCUT2D eigenvalue weighted by atomic mass is 9.69. The van der Waals surface area contributed by atoms with Crippen LogP contribution >= 0.6 is 11.6 Å². The van der Waals surface area contributed by atoms with Crippen LogP contribution in [0, 0.1) is 0 Å². The Labute approximate surface area is 249 Å². The van der Waals surface area contributed by atoms with Crippen LogP contribution in [-0.2, 0) is 23.7 Å². The number of hydrogen-bond acceptors (Lipinski definition) is 8. The zero-order chi connectivity index (χ0) is 29.9. The SMILES string of the molecule is CC(C)(C)OCCOc1ccc(C(=O)N2CC[C@]3(C4(C)N=CC=CC4OCCOC(C)(C)C)OCOC3C2)cc1Cl. The molecule has 0 spiro atoms. The maximum Gasteiger partial charge on any atom is 0.254 e. The van der Waals surface area contributed by atoms with E-state index < -0.39 is 11.1 Å². The molecule has 0 saturated carbocycles. The Morgan fingerprint density at radius 2 is 1.80 bits per heavy atom. The fraction of sp³-hybridized carbons (Fsp3) is 0.677. The first-order valence-corrected chi connectivity index (χ1v) is 14.7. The van der Waals surface area contributed by atoms with Crippen molar-refractivity contribution < 1.29 is 33.2 Å². The van der Waals surface area contributed by atoms with Gasteiger partial charge in [-0.25, -0.2) is 0 Å². The molecule has 1 aromatic carbocycles. The molecule has 0 N–H and O–H groups in total. The molecule has 3 aliphatic heterocycles. The van der Waals surface area contributed by atoms with Gasteiger partial charge in [-0.3, -0.25) is 9.79 Å². The maximum absolute atomic E-state index is 13.5. The standard InChI is InChI=1S/C31H45ClN2O7/c1-28(2,3)39-17-15-36-24-11-10-22(19-23(24)32)27(35)34-14-12-31(26(20-34)38-21-41-31)30(7)25(9-8-13-33-30)37-16-18-40-29(4,5)6/h8-11,13,19,25-26H,12,14-18,20-21H2,1-7H3/t25?,26?,30?,31-/m0/s1. The Morgan fingerprint density at radius 3 is 2.49 bits per heavy atom. The van der Waals surface area contributed by atoms with Crippen molar-refractivity contribution in [3.8, 4) is 5.75 Å². The summed E-state index contributed by atoms with van der Waals surface area (Å²) in [4.78, 5) is 20.2. The van der Waals surface area contributed by atoms with Gasteiger partial charge in [-0.05, 0) is 79.2 Å². The lowest BCUT2D eigenvalue weighted by Gasteiger charge is -2.52. The van der Waals surface area contributed by atoms with E-state index in [9.17, 15) is 4.79 Å². The molecule has 2 saturated heterocycles. The number of ether oxygens (including phenoxy) is 6. The van der Waals surface area contributed by atoms with Crippen molar-refractivity contribution >= 4 is 23.7 Å². The van der Waals surface area contributed by atoms with Crippen molar-refractivity contribution in [1.82, 2.24) is 4.90 Å².